The zero-order chi connectivity index (χ0) is 14.8. The summed E-state index contributed by atoms with van der Waals surface area (Å²) in [5.74, 6) is -0.148. The van der Waals surface area contributed by atoms with Gasteiger partial charge in [-0.1, -0.05) is 24.3 Å². The van der Waals surface area contributed by atoms with E-state index in [1.807, 2.05) is 0 Å². The van der Waals surface area contributed by atoms with E-state index >= 15 is 0 Å². The zero-order valence-corrected chi connectivity index (χ0v) is 12.2. The van der Waals surface area contributed by atoms with Crippen molar-refractivity contribution in [3.05, 3.63) is 46.8 Å². The summed E-state index contributed by atoms with van der Waals surface area (Å²) in [7, 11) is -3.52. The summed E-state index contributed by atoms with van der Waals surface area (Å²) in [4.78, 5) is 0. The molecule has 1 heterocycles. The molecule has 3 N–H and O–H groups in total. The van der Waals surface area contributed by atoms with E-state index < -0.39 is 10.0 Å². The first kappa shape index (κ1) is 14.5. The van der Waals surface area contributed by atoms with Gasteiger partial charge in [0.05, 0.1) is 29.4 Å². The quantitative estimate of drug-likeness (QED) is 0.778. The molecule has 0 aliphatic heterocycles. The molecule has 0 spiro atoms. The van der Waals surface area contributed by atoms with Gasteiger partial charge in [0, 0.05) is 0 Å². The molecule has 0 radical (unpaired) electrons. The number of aliphatic hydroxyl groups is 1. The lowest BCUT2D eigenvalue weighted by molar-refractivity contribution is 0.282. The van der Waals surface area contributed by atoms with E-state index in [9.17, 15) is 8.42 Å². The van der Waals surface area contributed by atoms with Gasteiger partial charge in [-0.25, -0.2) is 8.42 Å². The first-order chi connectivity index (χ1) is 9.41. The van der Waals surface area contributed by atoms with Gasteiger partial charge in [-0.2, -0.15) is 5.10 Å². The molecule has 1 aromatic heterocycles. The lowest BCUT2D eigenvalue weighted by Crippen LogP contribution is -2.16. The lowest BCUT2D eigenvalue weighted by atomic mass is 10.1. The molecule has 0 saturated carbocycles. The second-order valence-corrected chi connectivity index (χ2v) is 6.37. The first-order valence-corrected chi connectivity index (χ1v) is 7.77. The molecule has 0 atom stereocenters. The standard InChI is InChI=1S/C13H17N3O3S/c1-9-13(10(2)15-14-9)16-20(18,19)8-12-5-3-4-11(6-12)7-17/h3-6,16-17H,7-8H2,1-2H3,(H,14,15). The van der Waals surface area contributed by atoms with Crippen LogP contribution < -0.4 is 4.72 Å². The second-order valence-electron chi connectivity index (χ2n) is 4.65. The average Bonchev–Trinajstić information content (AvgIpc) is 2.70. The minimum atomic E-state index is -3.52. The Bertz CT molecular complexity index is 688. The van der Waals surface area contributed by atoms with E-state index in [-0.39, 0.29) is 12.4 Å². The highest BCUT2D eigenvalue weighted by Crippen LogP contribution is 2.19. The van der Waals surface area contributed by atoms with Crippen LogP contribution in [-0.2, 0) is 22.4 Å². The third-order valence-corrected chi connectivity index (χ3v) is 4.14. The summed E-state index contributed by atoms with van der Waals surface area (Å²) < 4.78 is 26.8. The van der Waals surface area contributed by atoms with Crippen LogP contribution in [0.3, 0.4) is 0 Å². The normalized spacial score (nSPS) is 11.6. The maximum atomic E-state index is 12.2. The van der Waals surface area contributed by atoms with Crippen LogP contribution in [0.1, 0.15) is 22.5 Å². The number of aromatic amines is 1. The van der Waals surface area contributed by atoms with Crippen LogP contribution >= 0.6 is 0 Å². The predicted octanol–water partition coefficient (Wildman–Crippen LogP) is 1.46. The summed E-state index contributed by atoms with van der Waals surface area (Å²) in [6, 6.07) is 6.86. The maximum absolute atomic E-state index is 12.2. The molecule has 108 valence electrons. The van der Waals surface area contributed by atoms with Crippen molar-refractivity contribution in [3.63, 3.8) is 0 Å². The zero-order valence-electron chi connectivity index (χ0n) is 11.3. The summed E-state index contributed by atoms with van der Waals surface area (Å²) in [6.07, 6.45) is 0. The second kappa shape index (κ2) is 5.64. The minimum absolute atomic E-state index is 0.110. The van der Waals surface area contributed by atoms with Crippen LogP contribution in [0.2, 0.25) is 0 Å². The van der Waals surface area contributed by atoms with Crippen molar-refractivity contribution < 1.29 is 13.5 Å². The van der Waals surface area contributed by atoms with Crippen molar-refractivity contribution in [1.29, 1.82) is 0 Å². The summed E-state index contributed by atoms with van der Waals surface area (Å²) in [5, 5.41) is 15.7. The molecule has 2 rings (SSSR count). The van der Waals surface area contributed by atoms with Crippen molar-refractivity contribution in [2.75, 3.05) is 4.72 Å². The molecule has 0 fully saturated rings. The van der Waals surface area contributed by atoms with Gasteiger partial charge in [0.25, 0.3) is 0 Å². The third kappa shape index (κ3) is 3.37. The number of nitrogens with zero attached hydrogens (tertiary/aromatic N) is 1. The largest absolute Gasteiger partial charge is 0.392 e. The van der Waals surface area contributed by atoms with E-state index in [0.717, 1.165) is 0 Å². The van der Waals surface area contributed by atoms with Crippen LogP contribution in [-0.4, -0.2) is 23.7 Å². The van der Waals surface area contributed by atoms with Gasteiger partial charge >= 0.3 is 0 Å². The van der Waals surface area contributed by atoms with Crippen molar-refractivity contribution in [2.24, 2.45) is 0 Å². The van der Waals surface area contributed by atoms with Gasteiger partial charge < -0.3 is 5.11 Å². The first-order valence-electron chi connectivity index (χ1n) is 6.12. The van der Waals surface area contributed by atoms with Gasteiger partial charge in [-0.15, -0.1) is 0 Å². The highest BCUT2D eigenvalue weighted by molar-refractivity contribution is 7.91. The average molecular weight is 295 g/mol. The highest BCUT2D eigenvalue weighted by Gasteiger charge is 2.16. The predicted molar refractivity (Wildman–Crippen MR) is 76.7 cm³/mol. The number of aryl methyl sites for hydroxylation is 2. The molecule has 6 nitrogen and oxygen atoms in total. The molecule has 0 bridgehead atoms. The number of H-pyrrole nitrogens is 1. The van der Waals surface area contributed by atoms with E-state index in [1.165, 1.54) is 0 Å². The molecule has 7 heteroatoms. The van der Waals surface area contributed by atoms with E-state index in [1.54, 1.807) is 38.1 Å². The van der Waals surface area contributed by atoms with E-state index in [4.69, 9.17) is 5.11 Å². The molecule has 1 aromatic carbocycles. The number of aromatic nitrogens is 2. The maximum Gasteiger partial charge on any atom is 0.237 e. The molecule has 20 heavy (non-hydrogen) atoms. The Morgan fingerprint density at radius 2 is 2.00 bits per heavy atom. The Balaban J connectivity index is 2.19. The number of sulfonamides is 1. The van der Waals surface area contributed by atoms with Gasteiger partial charge in [-0.05, 0) is 25.0 Å². The van der Waals surface area contributed by atoms with Crippen LogP contribution in [0.4, 0.5) is 5.69 Å². The number of rotatable bonds is 5. The number of hydrogen-bond acceptors (Lipinski definition) is 4. The monoisotopic (exact) mass is 295 g/mol. The summed E-state index contributed by atoms with van der Waals surface area (Å²) >= 11 is 0. The molecule has 0 amide bonds. The van der Waals surface area contributed by atoms with Crippen molar-refractivity contribution >= 4 is 15.7 Å². The summed E-state index contributed by atoms with van der Waals surface area (Å²) in [5.41, 5.74) is 3.09. The number of hydrogen-bond donors (Lipinski definition) is 3. The fraction of sp³-hybridized carbons (Fsp3) is 0.308. The fourth-order valence-corrected chi connectivity index (χ4v) is 3.23. The lowest BCUT2D eigenvalue weighted by Gasteiger charge is -2.09. The smallest absolute Gasteiger partial charge is 0.237 e. The fourth-order valence-electron chi connectivity index (χ4n) is 1.93. The molecule has 0 aliphatic rings. The van der Waals surface area contributed by atoms with Crippen LogP contribution in [0.15, 0.2) is 24.3 Å². The molecule has 0 saturated heterocycles. The SMILES string of the molecule is Cc1n[nH]c(C)c1NS(=O)(=O)Cc1cccc(CO)c1. The molecule has 0 aliphatic carbocycles. The molecular weight excluding hydrogens is 278 g/mol. The Morgan fingerprint density at radius 1 is 1.30 bits per heavy atom. The highest BCUT2D eigenvalue weighted by atomic mass is 32.2. The molecule has 0 unspecified atom stereocenters. The van der Waals surface area contributed by atoms with Crippen molar-refractivity contribution in [2.45, 2.75) is 26.2 Å². The van der Waals surface area contributed by atoms with Crippen molar-refractivity contribution in [3.8, 4) is 0 Å². The number of nitrogens with one attached hydrogen (secondary N) is 2. The number of benzene rings is 1. The summed E-state index contributed by atoms with van der Waals surface area (Å²) in [6.45, 7) is 3.37. The topological polar surface area (TPSA) is 95.1 Å². The van der Waals surface area contributed by atoms with E-state index in [0.29, 0.717) is 28.2 Å². The van der Waals surface area contributed by atoms with Gasteiger partial charge in [-0.3, -0.25) is 9.82 Å². The Morgan fingerprint density at radius 3 is 2.60 bits per heavy atom. The van der Waals surface area contributed by atoms with Crippen LogP contribution in [0.5, 0.6) is 0 Å². The Labute approximate surface area is 117 Å². The van der Waals surface area contributed by atoms with Crippen LogP contribution in [0.25, 0.3) is 0 Å². The van der Waals surface area contributed by atoms with E-state index in [2.05, 4.69) is 14.9 Å². The van der Waals surface area contributed by atoms with Crippen LogP contribution in [0, 0.1) is 13.8 Å². The van der Waals surface area contributed by atoms with Gasteiger partial charge in [0.2, 0.25) is 10.0 Å². The van der Waals surface area contributed by atoms with Crippen molar-refractivity contribution in [1.82, 2.24) is 10.2 Å². The van der Waals surface area contributed by atoms with Gasteiger partial charge in [0.15, 0.2) is 0 Å². The van der Waals surface area contributed by atoms with Gasteiger partial charge in [0.1, 0.15) is 0 Å². The molecular formula is C13H17N3O3S. The third-order valence-electron chi connectivity index (χ3n) is 2.92. The Kier molecular flexibility index (Phi) is 4.10. The minimum Gasteiger partial charge on any atom is -0.392 e. The number of aliphatic hydroxyl groups excluding tert-OH is 1. The molecule has 2 aromatic rings. The number of anilines is 1. The Hall–Kier alpha value is -1.86.